The van der Waals surface area contributed by atoms with Crippen LogP contribution in [-0.4, -0.2) is 49.9 Å². The van der Waals surface area contributed by atoms with Crippen LogP contribution in [0.4, 0.5) is 0 Å². The van der Waals surface area contributed by atoms with Gasteiger partial charge in [-0.25, -0.2) is 19.9 Å². The number of nitriles is 1. The fourth-order valence-corrected chi connectivity index (χ4v) is 2.42. The Morgan fingerprint density at radius 2 is 2.00 bits per heavy atom. The minimum Gasteiger partial charge on any atom is -0.470 e. The van der Waals surface area contributed by atoms with E-state index in [4.69, 9.17) is 10.00 Å². The number of carbonyl (C=O) groups is 1. The Labute approximate surface area is 132 Å². The molecule has 0 spiro atoms. The second-order valence-corrected chi connectivity index (χ2v) is 5.03. The third-order valence-corrected chi connectivity index (χ3v) is 3.47. The van der Waals surface area contributed by atoms with Crippen LogP contribution in [0.5, 0.6) is 5.88 Å². The minimum atomic E-state index is -0.236. The molecule has 0 radical (unpaired) electrons. The lowest BCUT2D eigenvalue weighted by Gasteiger charge is -2.32. The molecular formula is C15H14N6O2. The lowest BCUT2D eigenvalue weighted by molar-refractivity contribution is 0.0515. The Morgan fingerprint density at radius 3 is 2.78 bits per heavy atom. The zero-order chi connectivity index (χ0) is 16.1. The first-order valence-electron chi connectivity index (χ1n) is 7.22. The third kappa shape index (κ3) is 3.40. The minimum absolute atomic E-state index is 0.141. The van der Waals surface area contributed by atoms with E-state index in [0.29, 0.717) is 13.1 Å². The SMILES string of the molecule is N#Cc1nccnc1OC1CCCN(C(=O)c2ncccn2)C1. The van der Waals surface area contributed by atoms with E-state index < -0.39 is 0 Å². The van der Waals surface area contributed by atoms with Crippen LogP contribution in [0, 0.1) is 11.3 Å². The molecule has 0 aliphatic carbocycles. The van der Waals surface area contributed by atoms with Gasteiger partial charge in [0.2, 0.25) is 11.5 Å². The molecule has 2 aromatic rings. The number of hydrogen-bond acceptors (Lipinski definition) is 7. The number of piperidine rings is 1. The summed E-state index contributed by atoms with van der Waals surface area (Å²) in [6.45, 7) is 1.03. The van der Waals surface area contributed by atoms with Crippen molar-refractivity contribution in [3.05, 3.63) is 42.4 Å². The number of likely N-dealkylation sites (tertiary alicyclic amines) is 1. The molecule has 116 valence electrons. The smallest absolute Gasteiger partial charge is 0.291 e. The molecule has 1 saturated heterocycles. The van der Waals surface area contributed by atoms with E-state index in [1.54, 1.807) is 11.0 Å². The fourth-order valence-electron chi connectivity index (χ4n) is 2.42. The van der Waals surface area contributed by atoms with Gasteiger partial charge >= 0.3 is 0 Å². The van der Waals surface area contributed by atoms with E-state index in [9.17, 15) is 4.79 Å². The van der Waals surface area contributed by atoms with Crippen LogP contribution >= 0.6 is 0 Å². The summed E-state index contributed by atoms with van der Waals surface area (Å²) >= 11 is 0. The Balaban J connectivity index is 1.69. The number of hydrogen-bond donors (Lipinski definition) is 0. The summed E-state index contributed by atoms with van der Waals surface area (Å²) in [7, 11) is 0. The monoisotopic (exact) mass is 310 g/mol. The molecule has 3 rings (SSSR count). The average Bonchev–Trinajstić information content (AvgIpc) is 2.62. The Morgan fingerprint density at radius 1 is 1.22 bits per heavy atom. The standard InChI is InChI=1S/C15H14N6O2/c16-9-12-14(20-7-6-17-12)23-11-3-1-8-21(10-11)15(22)13-18-4-2-5-19-13/h2,4-7,11H,1,3,8,10H2. The quantitative estimate of drug-likeness (QED) is 0.826. The van der Waals surface area contributed by atoms with Crippen molar-refractivity contribution in [3.8, 4) is 11.9 Å². The molecule has 0 aromatic carbocycles. The van der Waals surface area contributed by atoms with E-state index in [-0.39, 0.29) is 29.4 Å². The van der Waals surface area contributed by atoms with E-state index in [1.165, 1.54) is 24.8 Å². The maximum atomic E-state index is 12.4. The number of nitrogens with zero attached hydrogens (tertiary/aromatic N) is 6. The predicted octanol–water partition coefficient (Wildman–Crippen LogP) is 0.822. The molecule has 1 fully saturated rings. The van der Waals surface area contributed by atoms with Crippen molar-refractivity contribution in [2.24, 2.45) is 0 Å². The van der Waals surface area contributed by atoms with Gasteiger partial charge in [-0.2, -0.15) is 5.26 Å². The highest BCUT2D eigenvalue weighted by Gasteiger charge is 2.27. The van der Waals surface area contributed by atoms with Crippen LogP contribution in [0.15, 0.2) is 30.9 Å². The summed E-state index contributed by atoms with van der Waals surface area (Å²) in [6.07, 6.45) is 7.33. The second-order valence-electron chi connectivity index (χ2n) is 5.03. The molecule has 0 bridgehead atoms. The first-order chi connectivity index (χ1) is 11.3. The number of carbonyl (C=O) groups excluding carboxylic acids is 1. The summed E-state index contributed by atoms with van der Waals surface area (Å²) < 4.78 is 5.76. The van der Waals surface area contributed by atoms with Crippen molar-refractivity contribution >= 4 is 5.91 Å². The van der Waals surface area contributed by atoms with Gasteiger partial charge in [-0.15, -0.1) is 0 Å². The fraction of sp³-hybridized carbons (Fsp3) is 0.333. The first-order valence-corrected chi connectivity index (χ1v) is 7.22. The Hall–Kier alpha value is -3.08. The lowest BCUT2D eigenvalue weighted by Crippen LogP contribution is -2.45. The van der Waals surface area contributed by atoms with Crippen LogP contribution in [-0.2, 0) is 0 Å². The summed E-state index contributed by atoms with van der Waals surface area (Å²) in [6, 6.07) is 3.61. The summed E-state index contributed by atoms with van der Waals surface area (Å²) in [5, 5.41) is 9.02. The predicted molar refractivity (Wildman–Crippen MR) is 78.3 cm³/mol. The highest BCUT2D eigenvalue weighted by Crippen LogP contribution is 2.19. The Kier molecular flexibility index (Phi) is 4.38. The van der Waals surface area contributed by atoms with Crippen LogP contribution < -0.4 is 4.74 Å². The van der Waals surface area contributed by atoms with Gasteiger partial charge in [0.1, 0.15) is 12.2 Å². The molecule has 1 aliphatic rings. The van der Waals surface area contributed by atoms with E-state index >= 15 is 0 Å². The van der Waals surface area contributed by atoms with Crippen molar-refractivity contribution in [3.63, 3.8) is 0 Å². The van der Waals surface area contributed by atoms with Crippen LogP contribution in [0.3, 0.4) is 0 Å². The molecule has 1 amide bonds. The molecule has 1 unspecified atom stereocenters. The Bertz CT molecular complexity index is 730. The van der Waals surface area contributed by atoms with Crippen LogP contribution in [0.25, 0.3) is 0 Å². The largest absolute Gasteiger partial charge is 0.470 e. The van der Waals surface area contributed by atoms with Crippen molar-refractivity contribution in [1.29, 1.82) is 5.26 Å². The summed E-state index contributed by atoms with van der Waals surface area (Å²) in [5.74, 6) is 0.147. The maximum Gasteiger partial charge on any atom is 0.291 e. The third-order valence-electron chi connectivity index (χ3n) is 3.47. The molecule has 23 heavy (non-hydrogen) atoms. The van der Waals surface area contributed by atoms with Gasteiger partial charge in [-0.05, 0) is 18.9 Å². The lowest BCUT2D eigenvalue weighted by atomic mass is 10.1. The van der Waals surface area contributed by atoms with Crippen LogP contribution in [0.1, 0.15) is 29.2 Å². The second kappa shape index (κ2) is 6.79. The summed E-state index contributed by atoms with van der Waals surface area (Å²) in [5.41, 5.74) is 0.141. The van der Waals surface area contributed by atoms with Crippen LogP contribution in [0.2, 0.25) is 0 Å². The van der Waals surface area contributed by atoms with Gasteiger partial charge < -0.3 is 9.64 Å². The topological polar surface area (TPSA) is 105 Å². The van der Waals surface area contributed by atoms with E-state index in [0.717, 1.165) is 12.8 Å². The number of aromatic nitrogens is 4. The molecule has 8 nitrogen and oxygen atoms in total. The van der Waals surface area contributed by atoms with Gasteiger partial charge in [-0.1, -0.05) is 0 Å². The molecule has 1 aliphatic heterocycles. The van der Waals surface area contributed by atoms with Gasteiger partial charge in [0.15, 0.2) is 0 Å². The highest BCUT2D eigenvalue weighted by atomic mass is 16.5. The van der Waals surface area contributed by atoms with Gasteiger partial charge in [0.25, 0.3) is 11.8 Å². The maximum absolute atomic E-state index is 12.4. The normalized spacial score (nSPS) is 17.3. The van der Waals surface area contributed by atoms with E-state index in [2.05, 4.69) is 19.9 Å². The number of rotatable bonds is 3. The van der Waals surface area contributed by atoms with Gasteiger partial charge in [-0.3, -0.25) is 4.79 Å². The van der Waals surface area contributed by atoms with Crippen molar-refractivity contribution < 1.29 is 9.53 Å². The van der Waals surface area contributed by atoms with Gasteiger partial charge in [0, 0.05) is 31.3 Å². The highest BCUT2D eigenvalue weighted by molar-refractivity contribution is 5.90. The summed E-state index contributed by atoms with van der Waals surface area (Å²) in [4.78, 5) is 30.0. The molecule has 1 atom stereocenters. The zero-order valence-corrected chi connectivity index (χ0v) is 12.3. The van der Waals surface area contributed by atoms with Crippen molar-refractivity contribution in [1.82, 2.24) is 24.8 Å². The molecule has 0 saturated carbocycles. The zero-order valence-electron chi connectivity index (χ0n) is 12.3. The average molecular weight is 310 g/mol. The van der Waals surface area contributed by atoms with E-state index in [1.807, 2.05) is 6.07 Å². The van der Waals surface area contributed by atoms with Gasteiger partial charge in [0.05, 0.1) is 6.54 Å². The number of ether oxygens (including phenoxy) is 1. The van der Waals surface area contributed by atoms with Crippen molar-refractivity contribution in [2.45, 2.75) is 18.9 Å². The molecule has 3 heterocycles. The first kappa shape index (κ1) is 14.8. The molecule has 0 N–H and O–H groups in total. The molecular weight excluding hydrogens is 296 g/mol. The molecule has 8 heteroatoms. The number of amides is 1. The molecule has 2 aromatic heterocycles. The van der Waals surface area contributed by atoms with Crippen molar-refractivity contribution in [2.75, 3.05) is 13.1 Å².